The van der Waals surface area contributed by atoms with Gasteiger partial charge in [0.1, 0.15) is 5.75 Å². The predicted molar refractivity (Wildman–Crippen MR) is 72.5 cm³/mol. The van der Waals surface area contributed by atoms with E-state index in [1.165, 1.54) is 5.56 Å². The second-order valence-corrected chi connectivity index (χ2v) is 4.44. The molecule has 1 aromatic rings. The molecule has 0 aliphatic rings. The van der Waals surface area contributed by atoms with Gasteiger partial charge in [-0.2, -0.15) is 12.6 Å². The molecule has 0 N–H and O–H groups in total. The van der Waals surface area contributed by atoms with E-state index in [4.69, 9.17) is 4.74 Å². The van der Waals surface area contributed by atoms with Gasteiger partial charge in [0, 0.05) is 6.04 Å². The second kappa shape index (κ2) is 6.81. The number of benzene rings is 1. The van der Waals surface area contributed by atoms with Crippen LogP contribution >= 0.6 is 12.6 Å². The van der Waals surface area contributed by atoms with Gasteiger partial charge in [-0.15, -0.1) is 0 Å². The lowest BCUT2D eigenvalue weighted by molar-refractivity contribution is 0.293. The van der Waals surface area contributed by atoms with E-state index in [-0.39, 0.29) is 0 Å². The molecule has 0 heterocycles. The van der Waals surface area contributed by atoms with Gasteiger partial charge < -0.3 is 9.64 Å². The molecule has 2 nitrogen and oxygen atoms in total. The van der Waals surface area contributed by atoms with Gasteiger partial charge in [0.15, 0.2) is 0 Å². The van der Waals surface area contributed by atoms with Crippen molar-refractivity contribution < 1.29 is 4.74 Å². The molecule has 1 aromatic carbocycles. The van der Waals surface area contributed by atoms with E-state index in [2.05, 4.69) is 43.8 Å². The summed E-state index contributed by atoms with van der Waals surface area (Å²) in [6, 6.07) is 8.79. The van der Waals surface area contributed by atoms with Crippen molar-refractivity contribution in [3.8, 4) is 5.75 Å². The zero-order valence-electron chi connectivity index (χ0n) is 10.3. The van der Waals surface area contributed by atoms with E-state index in [0.717, 1.165) is 17.9 Å². The van der Waals surface area contributed by atoms with Crippen LogP contribution in [0.1, 0.15) is 24.9 Å². The maximum Gasteiger partial charge on any atom is 0.119 e. The zero-order valence-corrected chi connectivity index (χ0v) is 11.2. The molecule has 1 atom stereocenters. The molecular weight excluding hydrogens is 218 g/mol. The average Bonchev–Trinajstić information content (AvgIpc) is 2.27. The summed E-state index contributed by atoms with van der Waals surface area (Å²) < 4.78 is 5.43. The molecule has 0 bridgehead atoms. The van der Waals surface area contributed by atoms with Crippen molar-refractivity contribution in [3.05, 3.63) is 29.8 Å². The predicted octanol–water partition coefficient (Wildman–Crippen LogP) is 3.01. The summed E-state index contributed by atoms with van der Waals surface area (Å²) >= 11 is 4.31. The van der Waals surface area contributed by atoms with Gasteiger partial charge in [-0.3, -0.25) is 0 Å². The molecule has 0 spiro atoms. The SMILES string of the molecule is CCOc1ccc(C(CCS)N(C)C)cc1. The van der Waals surface area contributed by atoms with Gasteiger partial charge in [0.2, 0.25) is 0 Å². The molecule has 1 unspecified atom stereocenters. The van der Waals surface area contributed by atoms with Crippen molar-refractivity contribution in [2.24, 2.45) is 0 Å². The Morgan fingerprint density at radius 3 is 2.31 bits per heavy atom. The van der Waals surface area contributed by atoms with Crippen molar-refractivity contribution in [3.63, 3.8) is 0 Å². The van der Waals surface area contributed by atoms with Crippen molar-refractivity contribution >= 4 is 12.6 Å². The molecule has 16 heavy (non-hydrogen) atoms. The summed E-state index contributed by atoms with van der Waals surface area (Å²) in [6.07, 6.45) is 1.06. The summed E-state index contributed by atoms with van der Waals surface area (Å²) in [5.41, 5.74) is 1.32. The smallest absolute Gasteiger partial charge is 0.119 e. The molecule has 0 saturated carbocycles. The Bertz CT molecular complexity index is 297. The highest BCUT2D eigenvalue weighted by Crippen LogP contribution is 2.24. The lowest BCUT2D eigenvalue weighted by Crippen LogP contribution is -2.20. The average molecular weight is 239 g/mol. The van der Waals surface area contributed by atoms with Crippen LogP contribution in [0.2, 0.25) is 0 Å². The second-order valence-electron chi connectivity index (χ2n) is 3.99. The maximum atomic E-state index is 5.43. The molecule has 0 amide bonds. The van der Waals surface area contributed by atoms with E-state index in [0.29, 0.717) is 12.6 Å². The number of rotatable bonds is 6. The highest BCUT2D eigenvalue weighted by Gasteiger charge is 2.12. The van der Waals surface area contributed by atoms with E-state index in [9.17, 15) is 0 Å². The molecule has 90 valence electrons. The van der Waals surface area contributed by atoms with Crippen LogP contribution in [0.15, 0.2) is 24.3 Å². The van der Waals surface area contributed by atoms with E-state index in [1.54, 1.807) is 0 Å². The van der Waals surface area contributed by atoms with Crippen molar-refractivity contribution in [2.75, 3.05) is 26.5 Å². The molecule has 0 aromatic heterocycles. The van der Waals surface area contributed by atoms with Crippen LogP contribution in [0.3, 0.4) is 0 Å². The van der Waals surface area contributed by atoms with Crippen molar-refractivity contribution in [1.82, 2.24) is 4.90 Å². The van der Waals surface area contributed by atoms with Crippen LogP contribution in [0.4, 0.5) is 0 Å². The third-order valence-electron chi connectivity index (χ3n) is 2.60. The summed E-state index contributed by atoms with van der Waals surface area (Å²) in [7, 11) is 4.20. The molecule has 0 saturated heterocycles. The van der Waals surface area contributed by atoms with Crippen LogP contribution in [0.5, 0.6) is 5.75 Å². The first-order valence-electron chi connectivity index (χ1n) is 5.69. The third-order valence-corrected chi connectivity index (χ3v) is 2.86. The fraction of sp³-hybridized carbons (Fsp3) is 0.538. The number of hydrogen-bond acceptors (Lipinski definition) is 3. The van der Waals surface area contributed by atoms with E-state index in [1.807, 2.05) is 19.1 Å². The number of ether oxygens (including phenoxy) is 1. The number of thiol groups is 1. The summed E-state index contributed by atoms with van der Waals surface area (Å²) in [6.45, 7) is 2.71. The Hall–Kier alpha value is -0.670. The van der Waals surface area contributed by atoms with Gasteiger partial charge in [0.25, 0.3) is 0 Å². The standard InChI is InChI=1S/C13H21NOS/c1-4-15-12-7-5-11(6-8-12)13(9-10-16)14(2)3/h5-8,13,16H,4,9-10H2,1-3H3. The molecule has 0 fully saturated rings. The van der Waals surface area contributed by atoms with Crippen LogP contribution in [-0.4, -0.2) is 31.4 Å². The minimum atomic E-state index is 0.438. The van der Waals surface area contributed by atoms with Gasteiger partial charge >= 0.3 is 0 Å². The summed E-state index contributed by atoms with van der Waals surface area (Å²) in [5.74, 6) is 1.84. The number of hydrogen-bond donors (Lipinski definition) is 1. The van der Waals surface area contributed by atoms with Crippen LogP contribution in [0.25, 0.3) is 0 Å². The lowest BCUT2D eigenvalue weighted by Gasteiger charge is -2.24. The van der Waals surface area contributed by atoms with Gasteiger partial charge in [0.05, 0.1) is 6.61 Å². The van der Waals surface area contributed by atoms with E-state index >= 15 is 0 Å². The van der Waals surface area contributed by atoms with Crippen molar-refractivity contribution in [1.29, 1.82) is 0 Å². The lowest BCUT2D eigenvalue weighted by atomic mass is 10.0. The van der Waals surface area contributed by atoms with Crippen molar-refractivity contribution in [2.45, 2.75) is 19.4 Å². The first kappa shape index (κ1) is 13.4. The Balaban J connectivity index is 2.77. The molecule has 0 aliphatic carbocycles. The van der Waals surface area contributed by atoms with Gasteiger partial charge in [-0.25, -0.2) is 0 Å². The molecule has 3 heteroatoms. The van der Waals surface area contributed by atoms with E-state index < -0.39 is 0 Å². The monoisotopic (exact) mass is 239 g/mol. The van der Waals surface area contributed by atoms with Crippen LogP contribution in [0, 0.1) is 0 Å². The fourth-order valence-corrected chi connectivity index (χ4v) is 2.04. The highest BCUT2D eigenvalue weighted by molar-refractivity contribution is 7.80. The summed E-state index contributed by atoms with van der Waals surface area (Å²) in [5, 5.41) is 0. The van der Waals surface area contributed by atoms with Gasteiger partial charge in [-0.1, -0.05) is 12.1 Å². The topological polar surface area (TPSA) is 12.5 Å². The molecule has 1 rings (SSSR count). The normalized spacial score (nSPS) is 12.8. The number of nitrogens with zero attached hydrogens (tertiary/aromatic N) is 1. The minimum absolute atomic E-state index is 0.438. The Labute approximate surface area is 104 Å². The molecule has 0 aliphatic heterocycles. The highest BCUT2D eigenvalue weighted by atomic mass is 32.1. The Kier molecular flexibility index (Phi) is 5.71. The molecular formula is C13H21NOS. The maximum absolute atomic E-state index is 5.43. The minimum Gasteiger partial charge on any atom is -0.494 e. The Morgan fingerprint density at radius 1 is 1.25 bits per heavy atom. The first-order chi connectivity index (χ1) is 7.69. The van der Waals surface area contributed by atoms with Gasteiger partial charge in [-0.05, 0) is 50.9 Å². The largest absolute Gasteiger partial charge is 0.494 e. The summed E-state index contributed by atoms with van der Waals surface area (Å²) in [4.78, 5) is 2.23. The zero-order chi connectivity index (χ0) is 12.0. The quantitative estimate of drug-likeness (QED) is 0.766. The van der Waals surface area contributed by atoms with Crippen LogP contribution in [-0.2, 0) is 0 Å². The fourth-order valence-electron chi connectivity index (χ4n) is 1.80. The molecule has 0 radical (unpaired) electrons. The van der Waals surface area contributed by atoms with Crippen LogP contribution < -0.4 is 4.74 Å². The third kappa shape index (κ3) is 3.72. The Morgan fingerprint density at radius 2 is 1.88 bits per heavy atom. The first-order valence-corrected chi connectivity index (χ1v) is 6.32.